The van der Waals surface area contributed by atoms with Gasteiger partial charge in [-0.15, -0.1) is 0 Å². The van der Waals surface area contributed by atoms with Crippen LogP contribution >= 0.6 is 0 Å². The Hall–Kier alpha value is -2.94. The molecule has 0 saturated carbocycles. The molecule has 0 aromatic heterocycles. The minimum atomic E-state index is -0.255. The molecule has 24 heavy (non-hydrogen) atoms. The van der Waals surface area contributed by atoms with Crippen LogP contribution in [0.1, 0.15) is 16.7 Å². The first-order valence-electron chi connectivity index (χ1n) is 7.78. The number of aryl methyl sites for hydroxylation is 1. The van der Waals surface area contributed by atoms with Crippen molar-refractivity contribution in [2.45, 2.75) is 13.5 Å². The van der Waals surface area contributed by atoms with Crippen LogP contribution in [0.5, 0.6) is 5.75 Å². The molecule has 3 aromatic rings. The molecule has 0 heterocycles. The third-order valence-corrected chi connectivity index (χ3v) is 3.61. The molecule has 0 amide bonds. The van der Waals surface area contributed by atoms with Gasteiger partial charge < -0.3 is 4.74 Å². The van der Waals surface area contributed by atoms with Gasteiger partial charge in [0.2, 0.25) is 0 Å². The Labute approximate surface area is 141 Å². The van der Waals surface area contributed by atoms with Gasteiger partial charge in [0.15, 0.2) is 0 Å². The fourth-order valence-electron chi connectivity index (χ4n) is 2.24. The zero-order valence-electron chi connectivity index (χ0n) is 13.4. The van der Waals surface area contributed by atoms with Crippen molar-refractivity contribution in [3.63, 3.8) is 0 Å². The predicted octanol–water partition coefficient (Wildman–Crippen LogP) is 5.46. The first kappa shape index (κ1) is 15.9. The Morgan fingerprint density at radius 3 is 2.54 bits per heavy atom. The maximum atomic E-state index is 13.6. The Morgan fingerprint density at radius 1 is 0.958 bits per heavy atom. The van der Waals surface area contributed by atoms with Gasteiger partial charge in [0.25, 0.3) is 0 Å². The number of benzene rings is 3. The largest absolute Gasteiger partial charge is 0.489 e. The Balaban J connectivity index is 1.67. The molecule has 0 N–H and O–H groups in total. The van der Waals surface area contributed by atoms with Gasteiger partial charge in [0.1, 0.15) is 18.2 Å². The van der Waals surface area contributed by atoms with E-state index in [9.17, 15) is 4.39 Å². The zero-order valence-corrected chi connectivity index (χ0v) is 13.4. The first-order chi connectivity index (χ1) is 11.7. The van der Waals surface area contributed by atoms with Crippen molar-refractivity contribution in [1.29, 1.82) is 0 Å². The lowest BCUT2D eigenvalue weighted by molar-refractivity contribution is 0.300. The van der Waals surface area contributed by atoms with Crippen molar-refractivity contribution in [3.05, 3.63) is 95.3 Å². The van der Waals surface area contributed by atoms with E-state index < -0.39 is 0 Å². The summed E-state index contributed by atoms with van der Waals surface area (Å²) in [7, 11) is 0. The van der Waals surface area contributed by atoms with E-state index in [2.05, 4.69) is 4.99 Å². The number of aliphatic imine (C=N–C) groups is 1. The van der Waals surface area contributed by atoms with Gasteiger partial charge >= 0.3 is 0 Å². The molecule has 3 heteroatoms. The SMILES string of the molecule is Cc1ccc(N=Cc2cccc(OCc3ccccc3F)c2)cc1. The first-order valence-corrected chi connectivity index (χ1v) is 7.78. The summed E-state index contributed by atoms with van der Waals surface area (Å²) < 4.78 is 19.3. The van der Waals surface area contributed by atoms with Crippen LogP contribution < -0.4 is 4.74 Å². The molecule has 0 unspecified atom stereocenters. The van der Waals surface area contributed by atoms with E-state index in [1.807, 2.05) is 55.5 Å². The van der Waals surface area contributed by atoms with Crippen molar-refractivity contribution in [2.75, 3.05) is 0 Å². The summed E-state index contributed by atoms with van der Waals surface area (Å²) in [5, 5.41) is 0. The molecular weight excluding hydrogens is 301 g/mol. The van der Waals surface area contributed by atoms with E-state index in [0.29, 0.717) is 11.3 Å². The maximum absolute atomic E-state index is 13.6. The third kappa shape index (κ3) is 4.29. The van der Waals surface area contributed by atoms with E-state index in [0.717, 1.165) is 11.3 Å². The highest BCUT2D eigenvalue weighted by Gasteiger charge is 2.02. The fraction of sp³-hybridized carbons (Fsp3) is 0.0952. The second-order valence-corrected chi connectivity index (χ2v) is 5.55. The summed E-state index contributed by atoms with van der Waals surface area (Å²) in [6.45, 7) is 2.25. The van der Waals surface area contributed by atoms with Gasteiger partial charge in [-0.3, -0.25) is 4.99 Å². The molecule has 0 aliphatic heterocycles. The van der Waals surface area contributed by atoms with Crippen LogP contribution in [0, 0.1) is 12.7 Å². The average Bonchev–Trinajstić information content (AvgIpc) is 2.61. The number of rotatable bonds is 5. The Morgan fingerprint density at radius 2 is 1.75 bits per heavy atom. The lowest BCUT2D eigenvalue weighted by Crippen LogP contribution is -1.98. The number of ether oxygens (including phenoxy) is 1. The van der Waals surface area contributed by atoms with E-state index in [1.165, 1.54) is 11.6 Å². The van der Waals surface area contributed by atoms with E-state index in [1.54, 1.807) is 24.4 Å². The molecule has 0 radical (unpaired) electrons. The predicted molar refractivity (Wildman–Crippen MR) is 95.6 cm³/mol. The number of nitrogens with zero attached hydrogens (tertiary/aromatic N) is 1. The van der Waals surface area contributed by atoms with Crippen molar-refractivity contribution in [1.82, 2.24) is 0 Å². The van der Waals surface area contributed by atoms with E-state index >= 15 is 0 Å². The van der Waals surface area contributed by atoms with Crippen molar-refractivity contribution >= 4 is 11.9 Å². The van der Waals surface area contributed by atoms with Gasteiger partial charge in [-0.25, -0.2) is 4.39 Å². The van der Waals surface area contributed by atoms with Crippen LogP contribution in [0.4, 0.5) is 10.1 Å². The normalized spacial score (nSPS) is 10.9. The topological polar surface area (TPSA) is 21.6 Å². The van der Waals surface area contributed by atoms with E-state index in [-0.39, 0.29) is 12.4 Å². The molecule has 2 nitrogen and oxygen atoms in total. The average molecular weight is 319 g/mol. The number of hydrogen-bond acceptors (Lipinski definition) is 2. The zero-order chi connectivity index (χ0) is 16.8. The quantitative estimate of drug-likeness (QED) is 0.572. The van der Waals surface area contributed by atoms with Crippen LogP contribution in [0.3, 0.4) is 0 Å². The molecule has 0 saturated heterocycles. The Kier molecular flexibility index (Phi) is 5.02. The van der Waals surface area contributed by atoms with E-state index in [4.69, 9.17) is 4.74 Å². The minimum Gasteiger partial charge on any atom is -0.489 e. The summed E-state index contributed by atoms with van der Waals surface area (Å²) in [5.41, 5.74) is 3.58. The van der Waals surface area contributed by atoms with Crippen molar-refractivity contribution < 1.29 is 9.13 Å². The summed E-state index contributed by atoms with van der Waals surface area (Å²) in [5.74, 6) is 0.431. The fourth-order valence-corrected chi connectivity index (χ4v) is 2.24. The van der Waals surface area contributed by atoms with Crippen LogP contribution in [0.2, 0.25) is 0 Å². The standard InChI is InChI=1S/C21H18FNO/c1-16-9-11-19(12-10-16)23-14-17-5-4-7-20(13-17)24-15-18-6-2-3-8-21(18)22/h2-14H,15H2,1H3. The molecule has 0 fully saturated rings. The van der Waals surface area contributed by atoms with Gasteiger partial charge in [0.05, 0.1) is 5.69 Å². The van der Waals surface area contributed by atoms with Crippen LogP contribution in [0.15, 0.2) is 77.8 Å². The number of hydrogen-bond donors (Lipinski definition) is 0. The lowest BCUT2D eigenvalue weighted by atomic mass is 10.2. The molecule has 120 valence electrons. The van der Waals surface area contributed by atoms with Gasteiger partial charge in [0, 0.05) is 11.8 Å². The van der Waals surface area contributed by atoms with Crippen LogP contribution in [-0.4, -0.2) is 6.21 Å². The second-order valence-electron chi connectivity index (χ2n) is 5.55. The molecule has 0 spiro atoms. The molecule has 0 aliphatic carbocycles. The third-order valence-electron chi connectivity index (χ3n) is 3.61. The Bertz CT molecular complexity index is 840. The number of halogens is 1. The maximum Gasteiger partial charge on any atom is 0.129 e. The van der Waals surface area contributed by atoms with Crippen molar-refractivity contribution in [3.8, 4) is 5.75 Å². The molecule has 3 rings (SSSR count). The molecule has 0 atom stereocenters. The molecular formula is C21H18FNO. The van der Waals surface area contributed by atoms with Crippen LogP contribution in [0.25, 0.3) is 0 Å². The lowest BCUT2D eigenvalue weighted by Gasteiger charge is -2.07. The van der Waals surface area contributed by atoms with Gasteiger partial charge in [-0.1, -0.05) is 48.0 Å². The monoisotopic (exact) mass is 319 g/mol. The minimum absolute atomic E-state index is 0.200. The molecule has 3 aromatic carbocycles. The highest BCUT2D eigenvalue weighted by atomic mass is 19.1. The smallest absolute Gasteiger partial charge is 0.129 e. The summed E-state index contributed by atoms with van der Waals surface area (Å²) in [6, 6.07) is 22.2. The molecule has 0 aliphatic rings. The second kappa shape index (κ2) is 7.55. The highest BCUT2D eigenvalue weighted by Crippen LogP contribution is 2.17. The highest BCUT2D eigenvalue weighted by molar-refractivity contribution is 5.82. The van der Waals surface area contributed by atoms with Gasteiger partial charge in [-0.2, -0.15) is 0 Å². The molecule has 0 bridgehead atoms. The summed E-state index contributed by atoms with van der Waals surface area (Å²) >= 11 is 0. The van der Waals surface area contributed by atoms with Crippen molar-refractivity contribution in [2.24, 2.45) is 4.99 Å². The van der Waals surface area contributed by atoms with Gasteiger partial charge in [-0.05, 0) is 42.8 Å². The summed E-state index contributed by atoms with van der Waals surface area (Å²) in [6.07, 6.45) is 1.79. The van der Waals surface area contributed by atoms with Crippen LogP contribution in [-0.2, 0) is 6.61 Å². The summed E-state index contributed by atoms with van der Waals surface area (Å²) in [4.78, 5) is 4.45.